The van der Waals surface area contributed by atoms with Crippen LogP contribution in [0, 0.1) is 16.9 Å². The van der Waals surface area contributed by atoms with Crippen LogP contribution >= 0.6 is 0 Å². The fraction of sp³-hybridized carbons (Fsp3) is 0.652. The predicted octanol–water partition coefficient (Wildman–Crippen LogP) is 0.516. The van der Waals surface area contributed by atoms with E-state index in [0.29, 0.717) is 6.42 Å². The molecule has 0 aromatic rings. The van der Waals surface area contributed by atoms with Gasteiger partial charge in [0.25, 0.3) is 0 Å². The second kappa shape index (κ2) is 10.4. The van der Waals surface area contributed by atoms with E-state index < -0.39 is 5.79 Å². The first-order chi connectivity index (χ1) is 11.2. The van der Waals surface area contributed by atoms with Gasteiger partial charge in [-0.05, 0) is 42.9 Å². The Morgan fingerprint density at radius 1 is 0.929 bits per heavy atom. The molecule has 0 aromatic carbocycles. The molecule has 1 radical (unpaired) electrons. The fourth-order valence-corrected chi connectivity index (χ4v) is 3.33. The Kier molecular flexibility index (Phi) is 11.2. The quantitative estimate of drug-likeness (QED) is 0.346. The summed E-state index contributed by atoms with van der Waals surface area (Å²) in [4.78, 5) is 0. The summed E-state index contributed by atoms with van der Waals surface area (Å²) in [5, 5.41) is 0. The summed E-state index contributed by atoms with van der Waals surface area (Å²) in [5.41, 5.74) is 2.24. The normalized spacial score (nSPS) is 22.1. The van der Waals surface area contributed by atoms with E-state index >= 15 is 0 Å². The standard InChI is InChI=1S/C23H35O2.2ClH.Ti/c1-20(2,3)17-14-15-23(25-22(7,8)9,19(16-17)21(4,5)6)24-18-12-10-11-13-18;;;/h10,12,14,16H,11,15H2,1-9H3;2*1H;/q-1;;;+3/p-2. The van der Waals surface area contributed by atoms with Gasteiger partial charge in [-0.25, -0.2) is 6.08 Å². The molecule has 2 nitrogen and oxygen atoms in total. The zero-order valence-corrected chi connectivity index (χ0v) is 21.9. The summed E-state index contributed by atoms with van der Waals surface area (Å²) in [6.07, 6.45) is 13.4. The molecule has 0 spiro atoms. The van der Waals surface area contributed by atoms with Crippen LogP contribution in [0.5, 0.6) is 0 Å². The molecule has 2 rings (SSSR count). The van der Waals surface area contributed by atoms with Crippen molar-refractivity contribution in [1.82, 2.24) is 0 Å². The molecule has 1 atom stereocenters. The molecule has 0 saturated carbocycles. The second-order valence-electron chi connectivity index (χ2n) is 10.1. The zero-order chi connectivity index (χ0) is 19.1. The zero-order valence-electron chi connectivity index (χ0n) is 18.8. The van der Waals surface area contributed by atoms with Crippen LogP contribution in [0.4, 0.5) is 0 Å². The van der Waals surface area contributed by atoms with Gasteiger partial charge >= 0.3 is 21.7 Å². The van der Waals surface area contributed by atoms with E-state index in [2.05, 4.69) is 86.6 Å². The molecule has 0 bridgehead atoms. The number of rotatable bonds is 3. The molecule has 1 unspecified atom stereocenters. The van der Waals surface area contributed by atoms with Crippen LogP contribution in [0.15, 0.2) is 41.2 Å². The number of halogens is 2. The minimum Gasteiger partial charge on any atom is -1.00 e. The monoisotopic (exact) mass is 461 g/mol. The molecule has 2 aliphatic carbocycles. The van der Waals surface area contributed by atoms with Crippen molar-refractivity contribution < 1.29 is 56.0 Å². The van der Waals surface area contributed by atoms with Crippen LogP contribution in [-0.4, -0.2) is 11.4 Å². The Labute approximate surface area is 200 Å². The van der Waals surface area contributed by atoms with Crippen LogP contribution in [0.2, 0.25) is 0 Å². The van der Waals surface area contributed by atoms with Gasteiger partial charge in [0, 0.05) is 12.0 Å². The van der Waals surface area contributed by atoms with Crippen LogP contribution in [-0.2, 0) is 31.2 Å². The maximum atomic E-state index is 6.60. The Morgan fingerprint density at radius 2 is 1.50 bits per heavy atom. The molecule has 0 N–H and O–H groups in total. The van der Waals surface area contributed by atoms with Crippen LogP contribution < -0.4 is 24.8 Å². The van der Waals surface area contributed by atoms with Crippen molar-refractivity contribution in [1.29, 1.82) is 0 Å². The van der Waals surface area contributed by atoms with E-state index in [1.165, 1.54) is 11.1 Å². The summed E-state index contributed by atoms with van der Waals surface area (Å²) in [7, 11) is 0. The molecule has 2 aliphatic rings. The maximum Gasteiger partial charge on any atom is 3.00 e. The van der Waals surface area contributed by atoms with Gasteiger partial charge in [-0.1, -0.05) is 53.7 Å². The predicted molar refractivity (Wildman–Crippen MR) is 105 cm³/mol. The van der Waals surface area contributed by atoms with Crippen LogP contribution in [0.3, 0.4) is 0 Å². The van der Waals surface area contributed by atoms with Crippen molar-refractivity contribution in [3.05, 3.63) is 47.3 Å². The molecule has 0 aliphatic heterocycles. The first kappa shape index (κ1) is 30.2. The molecular weight excluding hydrogens is 427 g/mol. The number of ether oxygens (including phenoxy) is 2. The van der Waals surface area contributed by atoms with Crippen molar-refractivity contribution in [3.63, 3.8) is 0 Å². The van der Waals surface area contributed by atoms with Crippen molar-refractivity contribution in [2.45, 2.75) is 86.5 Å². The van der Waals surface area contributed by atoms with Gasteiger partial charge in [-0.15, -0.1) is 6.42 Å². The topological polar surface area (TPSA) is 18.5 Å². The van der Waals surface area contributed by atoms with Gasteiger partial charge in [0.1, 0.15) is 0 Å². The molecule has 28 heavy (non-hydrogen) atoms. The number of hydrogen-bond donors (Lipinski definition) is 0. The van der Waals surface area contributed by atoms with E-state index in [0.717, 1.165) is 12.2 Å². The SMILES string of the molecule is CC(C)(C)OC1(OC2=[C-]CC=C2)CC=C(C(C)(C)C)C=C1C(C)(C)C.[Cl-].[Cl-].[Ti+3]. The second-order valence-corrected chi connectivity index (χ2v) is 10.1. The Morgan fingerprint density at radius 3 is 1.89 bits per heavy atom. The van der Waals surface area contributed by atoms with Gasteiger partial charge in [0.15, 0.2) is 0 Å². The number of hydrogen-bond acceptors (Lipinski definition) is 2. The van der Waals surface area contributed by atoms with Crippen LogP contribution in [0.1, 0.15) is 75.2 Å². The smallest absolute Gasteiger partial charge is 1.00 e. The van der Waals surface area contributed by atoms with Gasteiger partial charge in [0.05, 0.1) is 5.60 Å². The molecule has 0 saturated heterocycles. The molecule has 0 fully saturated rings. The molecule has 5 heteroatoms. The van der Waals surface area contributed by atoms with E-state index in [1.54, 1.807) is 0 Å². The average molecular weight is 462 g/mol. The van der Waals surface area contributed by atoms with Gasteiger partial charge in [-0.3, -0.25) is 0 Å². The molecule has 0 aromatic heterocycles. The molecule has 0 heterocycles. The van der Waals surface area contributed by atoms with Gasteiger partial charge in [0.2, 0.25) is 5.79 Å². The summed E-state index contributed by atoms with van der Waals surface area (Å²) in [5.74, 6) is -0.00515. The van der Waals surface area contributed by atoms with Crippen LogP contribution in [0.25, 0.3) is 0 Å². The molecule has 0 amide bonds. The third-order valence-corrected chi connectivity index (χ3v) is 4.38. The Bertz CT molecular complexity index is 641. The third kappa shape index (κ3) is 7.69. The van der Waals surface area contributed by atoms with Crippen molar-refractivity contribution in [2.75, 3.05) is 0 Å². The van der Waals surface area contributed by atoms with E-state index in [-0.39, 0.29) is 63.0 Å². The minimum absolute atomic E-state index is 0. The first-order valence-corrected chi connectivity index (χ1v) is 9.33. The van der Waals surface area contributed by atoms with Gasteiger partial charge in [-0.2, -0.15) is 12.2 Å². The summed E-state index contributed by atoms with van der Waals surface area (Å²) in [6, 6.07) is 0. The Hall–Kier alpha value is 0.0143. The first-order valence-electron chi connectivity index (χ1n) is 9.33. The van der Waals surface area contributed by atoms with Crippen molar-refractivity contribution in [2.24, 2.45) is 10.8 Å². The molecular formula is C23H35Cl2O2Ti. The summed E-state index contributed by atoms with van der Waals surface area (Å²) >= 11 is 0. The molecule has 157 valence electrons. The van der Waals surface area contributed by atoms with E-state index in [4.69, 9.17) is 9.47 Å². The van der Waals surface area contributed by atoms with E-state index in [9.17, 15) is 0 Å². The largest absolute Gasteiger partial charge is 3.00 e. The third-order valence-electron chi connectivity index (χ3n) is 4.38. The maximum absolute atomic E-state index is 6.60. The summed E-state index contributed by atoms with van der Waals surface area (Å²) in [6.45, 7) is 19.7. The minimum atomic E-state index is -0.789. The average Bonchev–Trinajstić information content (AvgIpc) is 2.86. The summed E-state index contributed by atoms with van der Waals surface area (Å²) < 4.78 is 13.1. The van der Waals surface area contributed by atoms with E-state index in [1.807, 2.05) is 6.08 Å². The van der Waals surface area contributed by atoms with Crippen molar-refractivity contribution >= 4 is 0 Å². The number of allylic oxidation sites excluding steroid dienone is 5. The van der Waals surface area contributed by atoms with Gasteiger partial charge < -0.3 is 34.3 Å². The Balaban J connectivity index is 0. The van der Waals surface area contributed by atoms with Crippen molar-refractivity contribution in [3.8, 4) is 0 Å². The fourth-order valence-electron chi connectivity index (χ4n) is 3.33.